The zero-order valence-electron chi connectivity index (χ0n) is 21.4. The van der Waals surface area contributed by atoms with Crippen LogP contribution >= 0.6 is 11.3 Å². The van der Waals surface area contributed by atoms with Gasteiger partial charge in [-0.25, -0.2) is 4.98 Å². The molecule has 5 rings (SSSR count). The van der Waals surface area contributed by atoms with Crippen molar-refractivity contribution in [3.8, 4) is 0 Å². The number of aromatic nitrogens is 3. The van der Waals surface area contributed by atoms with Gasteiger partial charge in [0.25, 0.3) is 5.91 Å². The van der Waals surface area contributed by atoms with Crippen LogP contribution < -0.4 is 16.4 Å². The second-order valence-electron chi connectivity index (χ2n) is 10.9. The molecule has 0 bridgehead atoms. The smallest absolute Gasteiger partial charge is 0.261 e. The second kappa shape index (κ2) is 10.2. The van der Waals surface area contributed by atoms with Crippen LogP contribution in [0.1, 0.15) is 71.5 Å². The van der Waals surface area contributed by atoms with Gasteiger partial charge in [0, 0.05) is 35.1 Å². The molecule has 0 aliphatic heterocycles. The van der Waals surface area contributed by atoms with Crippen LogP contribution in [0.2, 0.25) is 0 Å². The number of fused-ring (bicyclic) bond motifs is 2. The summed E-state index contributed by atoms with van der Waals surface area (Å²) in [5, 5.41) is 24.1. The average molecular weight is 519 g/mol. The fraction of sp³-hybridized carbons (Fsp3) is 0.393. The Morgan fingerprint density at radius 1 is 1.27 bits per heavy atom. The maximum atomic E-state index is 13.2. The lowest BCUT2D eigenvalue weighted by atomic mass is 9.71. The maximum Gasteiger partial charge on any atom is 0.261 e. The largest absolute Gasteiger partial charge is 0.369 e. The summed E-state index contributed by atoms with van der Waals surface area (Å²) in [5.41, 5.74) is 11.0. The number of H-pyrrole nitrogens is 1. The number of nitrogens with two attached hydrogens (primary N) is 1. The van der Waals surface area contributed by atoms with Crippen molar-refractivity contribution in [1.29, 1.82) is 0 Å². The standard InChI is InChI=1S/C28H34N6O2S/c1-28(2,3)20-7-8-22-17(10-20)9-18-12-24(37-27(18)34-22)26(36)33-23(13-29)16-5-4-6-21(11-16)32-25(35)19-14-30-31-15-19/h4-6,9,11-12,14-15,20,23,25,32,35H,7-8,10,13,29H2,1-3H3,(H,30,31)(H,33,36)/t20-,23-,25?/m1/s1. The number of aliphatic hydroxyl groups excluding tert-OH is 1. The third-order valence-electron chi connectivity index (χ3n) is 7.29. The lowest BCUT2D eigenvalue weighted by Gasteiger charge is -2.34. The van der Waals surface area contributed by atoms with Crippen LogP contribution in [-0.4, -0.2) is 32.7 Å². The summed E-state index contributed by atoms with van der Waals surface area (Å²) in [6.45, 7) is 7.17. The van der Waals surface area contributed by atoms with E-state index in [9.17, 15) is 9.90 Å². The van der Waals surface area contributed by atoms with Crippen molar-refractivity contribution in [1.82, 2.24) is 20.5 Å². The molecule has 3 heterocycles. The Balaban J connectivity index is 1.31. The van der Waals surface area contributed by atoms with E-state index in [1.807, 2.05) is 30.3 Å². The lowest BCUT2D eigenvalue weighted by Crippen LogP contribution is -2.33. The van der Waals surface area contributed by atoms with Crippen molar-refractivity contribution in [3.63, 3.8) is 0 Å². The summed E-state index contributed by atoms with van der Waals surface area (Å²) in [6, 6.07) is 11.3. The van der Waals surface area contributed by atoms with Gasteiger partial charge in [-0.3, -0.25) is 9.89 Å². The molecule has 0 saturated heterocycles. The van der Waals surface area contributed by atoms with E-state index in [-0.39, 0.29) is 23.9 Å². The minimum Gasteiger partial charge on any atom is -0.369 e. The molecule has 0 radical (unpaired) electrons. The van der Waals surface area contributed by atoms with Gasteiger partial charge in [0.15, 0.2) is 6.23 Å². The zero-order chi connectivity index (χ0) is 26.2. The van der Waals surface area contributed by atoms with E-state index in [1.54, 1.807) is 12.4 Å². The van der Waals surface area contributed by atoms with E-state index < -0.39 is 6.23 Å². The van der Waals surface area contributed by atoms with E-state index in [2.05, 4.69) is 47.7 Å². The number of aryl methyl sites for hydroxylation is 1. The van der Waals surface area contributed by atoms with Gasteiger partial charge in [0.2, 0.25) is 0 Å². The number of pyridine rings is 1. The highest BCUT2D eigenvalue weighted by Gasteiger charge is 2.30. The van der Waals surface area contributed by atoms with Crippen LogP contribution in [0.5, 0.6) is 0 Å². The molecule has 1 aliphatic carbocycles. The number of aromatic amines is 1. The minimum absolute atomic E-state index is 0.166. The number of carbonyl (C=O) groups is 1. The van der Waals surface area contributed by atoms with E-state index in [0.29, 0.717) is 22.0 Å². The Morgan fingerprint density at radius 3 is 2.84 bits per heavy atom. The summed E-state index contributed by atoms with van der Waals surface area (Å²) in [6.07, 6.45) is 5.46. The summed E-state index contributed by atoms with van der Waals surface area (Å²) in [5.74, 6) is 0.470. The number of benzene rings is 1. The van der Waals surface area contributed by atoms with E-state index in [1.165, 1.54) is 22.6 Å². The third-order valence-corrected chi connectivity index (χ3v) is 8.33. The number of aliphatic hydroxyl groups is 1. The topological polar surface area (TPSA) is 129 Å². The number of nitrogens with zero attached hydrogens (tertiary/aromatic N) is 2. The van der Waals surface area contributed by atoms with Gasteiger partial charge in [0.05, 0.1) is 17.1 Å². The van der Waals surface area contributed by atoms with Crippen LogP contribution in [0.25, 0.3) is 10.2 Å². The number of hydrogen-bond acceptors (Lipinski definition) is 7. The summed E-state index contributed by atoms with van der Waals surface area (Å²) < 4.78 is 0. The van der Waals surface area contributed by atoms with Gasteiger partial charge in [-0.15, -0.1) is 11.3 Å². The van der Waals surface area contributed by atoms with Crippen LogP contribution in [0, 0.1) is 11.3 Å². The van der Waals surface area contributed by atoms with E-state index >= 15 is 0 Å². The van der Waals surface area contributed by atoms with E-state index in [0.717, 1.165) is 35.0 Å². The third kappa shape index (κ3) is 5.53. The van der Waals surface area contributed by atoms with Crippen molar-refractivity contribution in [2.75, 3.05) is 11.9 Å². The van der Waals surface area contributed by atoms with Crippen molar-refractivity contribution >= 4 is 33.1 Å². The predicted octanol–water partition coefficient (Wildman–Crippen LogP) is 4.70. The van der Waals surface area contributed by atoms with Crippen LogP contribution in [0.4, 0.5) is 5.69 Å². The number of amides is 1. The van der Waals surface area contributed by atoms with Crippen LogP contribution in [0.15, 0.2) is 48.8 Å². The van der Waals surface area contributed by atoms with Gasteiger partial charge >= 0.3 is 0 Å². The molecule has 4 aromatic rings. The fourth-order valence-electron chi connectivity index (χ4n) is 4.98. The second-order valence-corrected chi connectivity index (χ2v) is 11.9. The number of thiophene rings is 1. The Labute approximate surface area is 220 Å². The number of carbonyl (C=O) groups excluding carboxylic acids is 1. The quantitative estimate of drug-likeness (QED) is 0.226. The first-order valence-electron chi connectivity index (χ1n) is 12.7. The molecule has 37 heavy (non-hydrogen) atoms. The molecular formula is C28H34N6O2S. The molecule has 8 nitrogen and oxygen atoms in total. The number of rotatable bonds is 7. The molecule has 6 N–H and O–H groups in total. The summed E-state index contributed by atoms with van der Waals surface area (Å²) in [4.78, 5) is 19.7. The molecule has 0 saturated carbocycles. The first-order chi connectivity index (χ1) is 17.7. The molecular weight excluding hydrogens is 484 g/mol. The normalized spacial score (nSPS) is 17.3. The minimum atomic E-state index is -0.907. The number of nitrogens with one attached hydrogen (secondary N) is 3. The Hall–Kier alpha value is -3.27. The highest BCUT2D eigenvalue weighted by Crippen LogP contribution is 2.38. The predicted molar refractivity (Wildman–Crippen MR) is 147 cm³/mol. The van der Waals surface area contributed by atoms with Gasteiger partial charge < -0.3 is 21.5 Å². The Kier molecular flexibility index (Phi) is 7.02. The molecule has 1 amide bonds. The highest BCUT2D eigenvalue weighted by molar-refractivity contribution is 7.20. The van der Waals surface area contributed by atoms with Gasteiger partial charge in [-0.2, -0.15) is 5.10 Å². The van der Waals surface area contributed by atoms with Crippen LogP contribution in [-0.2, 0) is 12.8 Å². The zero-order valence-corrected chi connectivity index (χ0v) is 22.2. The molecule has 0 fully saturated rings. The average Bonchev–Trinajstić information content (AvgIpc) is 3.55. The molecule has 9 heteroatoms. The highest BCUT2D eigenvalue weighted by atomic mass is 32.1. The van der Waals surface area contributed by atoms with E-state index in [4.69, 9.17) is 10.7 Å². The molecule has 1 aromatic carbocycles. The molecule has 194 valence electrons. The monoisotopic (exact) mass is 518 g/mol. The van der Waals surface area contributed by atoms with Gasteiger partial charge in [-0.1, -0.05) is 32.9 Å². The molecule has 1 unspecified atom stereocenters. The SMILES string of the molecule is CC(C)(C)[C@@H]1CCc2nc3sc(C(=O)N[C@H](CN)c4cccc(NC(O)c5cn[nH]c5)c4)cc3cc2C1. The molecule has 0 spiro atoms. The lowest BCUT2D eigenvalue weighted by molar-refractivity contribution is 0.0942. The fourth-order valence-corrected chi connectivity index (χ4v) is 5.92. The first kappa shape index (κ1) is 25.4. The molecule has 3 atom stereocenters. The Morgan fingerprint density at radius 2 is 2.11 bits per heavy atom. The van der Waals surface area contributed by atoms with Crippen molar-refractivity contribution in [2.45, 2.75) is 52.3 Å². The maximum absolute atomic E-state index is 13.2. The molecule has 3 aromatic heterocycles. The Bertz CT molecular complexity index is 1390. The van der Waals surface area contributed by atoms with Crippen molar-refractivity contribution in [3.05, 3.63) is 76.1 Å². The van der Waals surface area contributed by atoms with Crippen molar-refractivity contribution in [2.24, 2.45) is 17.1 Å². The van der Waals surface area contributed by atoms with Gasteiger partial charge in [0.1, 0.15) is 4.83 Å². The van der Waals surface area contributed by atoms with Crippen molar-refractivity contribution < 1.29 is 9.90 Å². The van der Waals surface area contributed by atoms with Gasteiger partial charge in [-0.05, 0) is 66.0 Å². The first-order valence-corrected chi connectivity index (χ1v) is 13.5. The summed E-state index contributed by atoms with van der Waals surface area (Å²) in [7, 11) is 0. The number of anilines is 1. The molecule has 1 aliphatic rings. The summed E-state index contributed by atoms with van der Waals surface area (Å²) >= 11 is 1.42. The number of hydrogen-bond donors (Lipinski definition) is 5. The van der Waals surface area contributed by atoms with Crippen LogP contribution in [0.3, 0.4) is 0 Å².